The van der Waals surface area contributed by atoms with Crippen LogP contribution in [-0.2, 0) is 10.3 Å². The number of halogens is 1. The molecule has 22 heavy (non-hydrogen) atoms. The van der Waals surface area contributed by atoms with Crippen molar-refractivity contribution < 1.29 is 9.53 Å². The van der Waals surface area contributed by atoms with Crippen molar-refractivity contribution in [1.29, 1.82) is 0 Å². The Morgan fingerprint density at radius 2 is 1.95 bits per heavy atom. The zero-order valence-electron chi connectivity index (χ0n) is 13.4. The summed E-state index contributed by atoms with van der Waals surface area (Å²) in [5.74, 6) is 0. The van der Waals surface area contributed by atoms with Crippen molar-refractivity contribution in [2.45, 2.75) is 38.6 Å². The van der Waals surface area contributed by atoms with Gasteiger partial charge in [-0.15, -0.1) is 0 Å². The zero-order valence-corrected chi connectivity index (χ0v) is 14.2. The van der Waals surface area contributed by atoms with E-state index in [1.807, 2.05) is 12.1 Å². The van der Waals surface area contributed by atoms with Gasteiger partial charge in [-0.1, -0.05) is 37.6 Å². The van der Waals surface area contributed by atoms with Crippen LogP contribution in [0.25, 0.3) is 0 Å². The average molecular weight is 325 g/mol. The number of hydrogen-bond acceptors (Lipinski definition) is 3. The van der Waals surface area contributed by atoms with Gasteiger partial charge in [0.05, 0.1) is 6.54 Å². The molecule has 1 aliphatic heterocycles. The predicted molar refractivity (Wildman–Crippen MR) is 89.3 cm³/mol. The second kappa shape index (κ2) is 7.84. The molecule has 1 aliphatic rings. The molecule has 0 bridgehead atoms. The van der Waals surface area contributed by atoms with Gasteiger partial charge in [-0.25, -0.2) is 4.79 Å². The molecular formula is C17H25ClN2O2. The second-order valence-electron chi connectivity index (χ2n) is 5.68. The van der Waals surface area contributed by atoms with E-state index < -0.39 is 0 Å². The third kappa shape index (κ3) is 3.93. The van der Waals surface area contributed by atoms with Gasteiger partial charge < -0.3 is 15.0 Å². The van der Waals surface area contributed by atoms with Crippen LogP contribution in [0.5, 0.6) is 0 Å². The van der Waals surface area contributed by atoms with E-state index in [0.717, 1.165) is 37.4 Å². The number of nitrogens with zero attached hydrogens (tertiary/aromatic N) is 1. The van der Waals surface area contributed by atoms with Crippen molar-refractivity contribution in [3.8, 4) is 0 Å². The third-order valence-corrected chi connectivity index (χ3v) is 4.77. The number of hydrogen-bond donors (Lipinski definition) is 1. The van der Waals surface area contributed by atoms with E-state index in [-0.39, 0.29) is 11.6 Å². The summed E-state index contributed by atoms with van der Waals surface area (Å²) in [4.78, 5) is 13.2. The Bertz CT molecular complexity index is 486. The molecule has 0 atom stereocenters. The molecule has 5 heteroatoms. The molecule has 0 aromatic heterocycles. The van der Waals surface area contributed by atoms with Gasteiger partial charge in [0.2, 0.25) is 0 Å². The van der Waals surface area contributed by atoms with Crippen LogP contribution in [0.1, 0.15) is 38.7 Å². The van der Waals surface area contributed by atoms with Gasteiger partial charge in [0.1, 0.15) is 6.61 Å². The van der Waals surface area contributed by atoms with E-state index in [1.165, 1.54) is 5.56 Å². The lowest BCUT2D eigenvalue weighted by Crippen LogP contribution is -2.42. The first-order chi connectivity index (χ1) is 10.6. The minimum absolute atomic E-state index is 0.0316. The molecule has 1 N–H and O–H groups in total. The Morgan fingerprint density at radius 1 is 1.27 bits per heavy atom. The van der Waals surface area contributed by atoms with E-state index >= 15 is 0 Å². The minimum Gasteiger partial charge on any atom is -0.448 e. The Morgan fingerprint density at radius 3 is 2.50 bits per heavy atom. The van der Waals surface area contributed by atoms with Crippen molar-refractivity contribution >= 4 is 17.7 Å². The fraction of sp³-hybridized carbons (Fsp3) is 0.588. The van der Waals surface area contributed by atoms with Gasteiger partial charge in [-0.2, -0.15) is 0 Å². The first-order valence-corrected chi connectivity index (χ1v) is 8.42. The molecule has 122 valence electrons. The van der Waals surface area contributed by atoms with Crippen LogP contribution in [0.15, 0.2) is 24.3 Å². The number of rotatable bonds is 8. The van der Waals surface area contributed by atoms with Crippen LogP contribution < -0.4 is 5.32 Å². The highest BCUT2D eigenvalue weighted by Crippen LogP contribution is 2.29. The van der Waals surface area contributed by atoms with Crippen LogP contribution in [0, 0.1) is 0 Å². The SMILES string of the molecule is CCC(CC)(NCCCN1CCOC1=O)c1ccc(Cl)cc1. The van der Waals surface area contributed by atoms with Gasteiger partial charge in [0, 0.05) is 17.1 Å². The first-order valence-electron chi connectivity index (χ1n) is 8.04. The molecule has 0 unspecified atom stereocenters. The highest BCUT2D eigenvalue weighted by atomic mass is 35.5. The lowest BCUT2D eigenvalue weighted by Gasteiger charge is -2.34. The van der Waals surface area contributed by atoms with Gasteiger partial charge >= 0.3 is 6.09 Å². The van der Waals surface area contributed by atoms with Gasteiger partial charge in [-0.3, -0.25) is 0 Å². The van der Waals surface area contributed by atoms with E-state index in [0.29, 0.717) is 13.2 Å². The fourth-order valence-corrected chi connectivity index (χ4v) is 3.13. The number of ether oxygens (including phenoxy) is 1. The van der Waals surface area contributed by atoms with Gasteiger partial charge in [0.25, 0.3) is 0 Å². The average Bonchev–Trinajstić information content (AvgIpc) is 2.94. The van der Waals surface area contributed by atoms with Crippen molar-refractivity contribution in [3.05, 3.63) is 34.9 Å². The number of cyclic esters (lactones) is 1. The normalized spacial score (nSPS) is 15.2. The topological polar surface area (TPSA) is 41.6 Å². The summed E-state index contributed by atoms with van der Waals surface area (Å²) in [5, 5.41) is 4.45. The van der Waals surface area contributed by atoms with Crippen molar-refractivity contribution in [3.63, 3.8) is 0 Å². The maximum atomic E-state index is 11.4. The van der Waals surface area contributed by atoms with E-state index in [1.54, 1.807) is 4.90 Å². The van der Waals surface area contributed by atoms with Crippen molar-refractivity contribution in [2.24, 2.45) is 0 Å². The molecule has 0 spiro atoms. The first kappa shape index (κ1) is 17.1. The lowest BCUT2D eigenvalue weighted by atomic mass is 9.84. The van der Waals surface area contributed by atoms with Crippen LogP contribution in [0.4, 0.5) is 4.79 Å². The molecule has 1 aromatic carbocycles. The summed E-state index contributed by atoms with van der Waals surface area (Å²) >= 11 is 5.99. The summed E-state index contributed by atoms with van der Waals surface area (Å²) in [7, 11) is 0. The number of carbonyl (C=O) groups is 1. The van der Waals surface area contributed by atoms with Crippen molar-refractivity contribution in [2.75, 3.05) is 26.2 Å². The van der Waals surface area contributed by atoms with Gasteiger partial charge in [-0.05, 0) is 43.5 Å². The molecule has 4 nitrogen and oxygen atoms in total. The largest absolute Gasteiger partial charge is 0.448 e. The smallest absolute Gasteiger partial charge is 0.409 e. The number of nitrogens with one attached hydrogen (secondary N) is 1. The highest BCUT2D eigenvalue weighted by Gasteiger charge is 2.28. The molecule has 0 radical (unpaired) electrons. The van der Waals surface area contributed by atoms with Crippen LogP contribution in [0.2, 0.25) is 5.02 Å². The van der Waals surface area contributed by atoms with Crippen LogP contribution in [0.3, 0.4) is 0 Å². The summed E-state index contributed by atoms with van der Waals surface area (Å²) in [6.07, 6.45) is 2.76. The fourth-order valence-electron chi connectivity index (χ4n) is 3.01. The maximum Gasteiger partial charge on any atom is 0.409 e. The van der Waals surface area contributed by atoms with E-state index in [4.69, 9.17) is 16.3 Å². The number of benzene rings is 1. The lowest BCUT2D eigenvalue weighted by molar-refractivity contribution is 0.158. The molecule has 1 fully saturated rings. The summed E-state index contributed by atoms with van der Waals surface area (Å²) in [6, 6.07) is 8.08. The van der Waals surface area contributed by atoms with Crippen LogP contribution in [-0.4, -0.2) is 37.2 Å². The van der Waals surface area contributed by atoms with E-state index in [2.05, 4.69) is 31.3 Å². The molecule has 1 saturated heterocycles. The molecule has 0 saturated carbocycles. The Balaban J connectivity index is 1.90. The zero-order chi connectivity index (χ0) is 16.0. The predicted octanol–water partition coefficient (Wildman–Crippen LogP) is 3.79. The molecule has 2 rings (SSSR count). The van der Waals surface area contributed by atoms with Crippen molar-refractivity contribution in [1.82, 2.24) is 10.2 Å². The minimum atomic E-state index is -0.185. The molecule has 1 heterocycles. The summed E-state index contributed by atoms with van der Waals surface area (Å²) in [5.41, 5.74) is 1.23. The monoisotopic (exact) mass is 324 g/mol. The molecular weight excluding hydrogens is 300 g/mol. The second-order valence-corrected chi connectivity index (χ2v) is 6.11. The molecule has 1 aromatic rings. The standard InChI is InChI=1S/C17H25ClN2O2/c1-3-17(4-2,14-6-8-15(18)9-7-14)19-10-5-11-20-12-13-22-16(20)21/h6-9,19H,3-5,10-13H2,1-2H3. The Labute approximate surface area is 137 Å². The highest BCUT2D eigenvalue weighted by molar-refractivity contribution is 6.30. The number of amides is 1. The summed E-state index contributed by atoms with van der Waals surface area (Å²) < 4.78 is 4.94. The number of carbonyl (C=O) groups excluding carboxylic acids is 1. The Kier molecular flexibility index (Phi) is 6.09. The third-order valence-electron chi connectivity index (χ3n) is 4.52. The Hall–Kier alpha value is -1.26. The van der Waals surface area contributed by atoms with E-state index in [9.17, 15) is 4.79 Å². The summed E-state index contributed by atoms with van der Waals surface area (Å²) in [6.45, 7) is 7.24. The van der Waals surface area contributed by atoms with Crippen LogP contribution >= 0.6 is 11.6 Å². The quantitative estimate of drug-likeness (QED) is 0.740. The maximum absolute atomic E-state index is 11.4. The molecule has 1 amide bonds. The molecule has 0 aliphatic carbocycles. The van der Waals surface area contributed by atoms with Gasteiger partial charge in [0.15, 0.2) is 0 Å².